The smallest absolute Gasteiger partial charge is 0.225 e. The van der Waals surface area contributed by atoms with Gasteiger partial charge in [-0.3, -0.25) is 4.79 Å². The number of amides is 1. The molecule has 1 saturated heterocycles. The number of carbonyl (C=O) groups is 1. The van der Waals surface area contributed by atoms with Gasteiger partial charge in [-0.1, -0.05) is 0 Å². The maximum Gasteiger partial charge on any atom is 0.225 e. The molecule has 0 bridgehead atoms. The summed E-state index contributed by atoms with van der Waals surface area (Å²) in [6.07, 6.45) is 1.97. The van der Waals surface area contributed by atoms with Crippen LogP contribution in [-0.2, 0) is 4.79 Å². The lowest BCUT2D eigenvalue weighted by atomic mass is 9.94. The zero-order valence-corrected chi connectivity index (χ0v) is 9.76. The predicted molar refractivity (Wildman–Crippen MR) is 58.1 cm³/mol. The van der Waals surface area contributed by atoms with E-state index in [4.69, 9.17) is 0 Å². The first-order chi connectivity index (χ1) is 6.43. The number of carbonyl (C=O) groups excluding carboxylic acids is 1. The highest BCUT2D eigenvalue weighted by molar-refractivity contribution is 5.79. The molecule has 0 radical (unpaired) electrons. The van der Waals surface area contributed by atoms with E-state index in [2.05, 4.69) is 26.1 Å². The van der Waals surface area contributed by atoms with E-state index in [1.54, 1.807) is 0 Å². The van der Waals surface area contributed by atoms with Gasteiger partial charge in [-0.25, -0.2) is 0 Å². The van der Waals surface area contributed by atoms with Gasteiger partial charge in [-0.15, -0.1) is 0 Å². The molecular formula is C11H22N2O. The van der Waals surface area contributed by atoms with Crippen LogP contribution in [-0.4, -0.2) is 36.5 Å². The topological polar surface area (TPSA) is 32.3 Å². The molecule has 0 aromatic heterocycles. The Morgan fingerprint density at radius 1 is 1.29 bits per heavy atom. The Hall–Kier alpha value is -0.570. The van der Waals surface area contributed by atoms with Crippen LogP contribution < -0.4 is 5.32 Å². The van der Waals surface area contributed by atoms with E-state index in [1.807, 2.05) is 11.9 Å². The van der Waals surface area contributed by atoms with Crippen LogP contribution in [0.2, 0.25) is 0 Å². The van der Waals surface area contributed by atoms with Gasteiger partial charge in [0.2, 0.25) is 5.91 Å². The van der Waals surface area contributed by atoms with Gasteiger partial charge < -0.3 is 10.2 Å². The van der Waals surface area contributed by atoms with Crippen LogP contribution >= 0.6 is 0 Å². The van der Waals surface area contributed by atoms with Crippen LogP contribution in [0.15, 0.2) is 0 Å². The van der Waals surface area contributed by atoms with Gasteiger partial charge >= 0.3 is 0 Å². The summed E-state index contributed by atoms with van der Waals surface area (Å²) in [6, 6.07) is 0. The summed E-state index contributed by atoms with van der Waals surface area (Å²) >= 11 is 0. The first kappa shape index (κ1) is 11.5. The van der Waals surface area contributed by atoms with Crippen molar-refractivity contribution in [3.05, 3.63) is 0 Å². The van der Waals surface area contributed by atoms with Crippen LogP contribution in [0, 0.1) is 5.92 Å². The van der Waals surface area contributed by atoms with Gasteiger partial charge in [0.15, 0.2) is 0 Å². The summed E-state index contributed by atoms with van der Waals surface area (Å²) in [4.78, 5) is 13.9. The molecular weight excluding hydrogens is 176 g/mol. The third kappa shape index (κ3) is 2.71. The number of nitrogens with one attached hydrogen (secondary N) is 1. The largest absolute Gasteiger partial charge is 0.341 e. The standard InChI is InChI=1S/C11H22N2O/c1-11(2,3)13(4)10(14)9-5-7-12-8-6-9/h9,12H,5-8H2,1-4H3. The molecule has 1 N–H and O–H groups in total. The van der Waals surface area contributed by atoms with Gasteiger partial charge in [-0.05, 0) is 46.7 Å². The maximum atomic E-state index is 12.0. The Morgan fingerprint density at radius 3 is 2.21 bits per heavy atom. The van der Waals surface area contributed by atoms with Crippen molar-refractivity contribution in [2.24, 2.45) is 5.92 Å². The molecule has 0 atom stereocenters. The molecule has 0 saturated carbocycles. The quantitative estimate of drug-likeness (QED) is 0.687. The third-order valence-corrected chi connectivity index (χ3v) is 3.03. The molecule has 0 aliphatic carbocycles. The number of piperidine rings is 1. The maximum absolute atomic E-state index is 12.0. The second-order valence-electron chi connectivity index (χ2n) is 5.09. The summed E-state index contributed by atoms with van der Waals surface area (Å²) in [5.41, 5.74) is -0.0536. The van der Waals surface area contributed by atoms with Crippen LogP contribution in [0.3, 0.4) is 0 Å². The molecule has 1 aliphatic rings. The van der Waals surface area contributed by atoms with E-state index in [-0.39, 0.29) is 11.5 Å². The molecule has 0 aromatic carbocycles. The van der Waals surface area contributed by atoms with Gasteiger partial charge in [0, 0.05) is 18.5 Å². The molecule has 0 aromatic rings. The zero-order chi connectivity index (χ0) is 10.8. The van der Waals surface area contributed by atoms with Crippen molar-refractivity contribution in [2.45, 2.75) is 39.2 Å². The van der Waals surface area contributed by atoms with Gasteiger partial charge in [-0.2, -0.15) is 0 Å². The minimum absolute atomic E-state index is 0.0536. The number of rotatable bonds is 1. The Labute approximate surface area is 86.9 Å². The van der Waals surface area contributed by atoms with Crippen LogP contribution in [0.5, 0.6) is 0 Å². The van der Waals surface area contributed by atoms with Crippen molar-refractivity contribution >= 4 is 5.91 Å². The normalized spacial score (nSPS) is 19.4. The molecule has 1 heterocycles. The summed E-state index contributed by atoms with van der Waals surface area (Å²) in [5, 5.41) is 3.28. The molecule has 1 aliphatic heterocycles. The summed E-state index contributed by atoms with van der Waals surface area (Å²) in [7, 11) is 1.91. The summed E-state index contributed by atoms with van der Waals surface area (Å²) in [6.45, 7) is 8.19. The molecule has 1 fully saturated rings. The molecule has 82 valence electrons. The third-order valence-electron chi connectivity index (χ3n) is 3.03. The van der Waals surface area contributed by atoms with E-state index in [1.165, 1.54) is 0 Å². The van der Waals surface area contributed by atoms with Gasteiger partial charge in [0.1, 0.15) is 0 Å². The number of nitrogens with zero attached hydrogens (tertiary/aromatic N) is 1. The number of hydrogen-bond donors (Lipinski definition) is 1. The minimum atomic E-state index is -0.0536. The lowest BCUT2D eigenvalue weighted by Crippen LogP contribution is -2.47. The van der Waals surface area contributed by atoms with Crippen LogP contribution in [0.4, 0.5) is 0 Å². The first-order valence-electron chi connectivity index (χ1n) is 5.41. The van der Waals surface area contributed by atoms with Crippen molar-refractivity contribution in [3.8, 4) is 0 Å². The Kier molecular flexibility index (Phi) is 3.53. The Morgan fingerprint density at radius 2 is 1.79 bits per heavy atom. The number of hydrogen-bond acceptors (Lipinski definition) is 2. The zero-order valence-electron chi connectivity index (χ0n) is 9.76. The average Bonchev–Trinajstić information content (AvgIpc) is 2.15. The van der Waals surface area contributed by atoms with Crippen LogP contribution in [0.25, 0.3) is 0 Å². The SMILES string of the molecule is CN(C(=O)C1CCNCC1)C(C)(C)C. The Bertz CT molecular complexity index is 202. The first-order valence-corrected chi connectivity index (χ1v) is 5.41. The van der Waals surface area contributed by atoms with Crippen molar-refractivity contribution in [2.75, 3.05) is 20.1 Å². The molecule has 14 heavy (non-hydrogen) atoms. The minimum Gasteiger partial charge on any atom is -0.341 e. The van der Waals surface area contributed by atoms with Gasteiger partial charge in [0.05, 0.1) is 0 Å². The highest BCUT2D eigenvalue weighted by atomic mass is 16.2. The van der Waals surface area contributed by atoms with Crippen molar-refractivity contribution in [1.29, 1.82) is 0 Å². The molecule has 1 rings (SSSR count). The average molecular weight is 198 g/mol. The summed E-state index contributed by atoms with van der Waals surface area (Å²) in [5.74, 6) is 0.541. The van der Waals surface area contributed by atoms with Crippen molar-refractivity contribution in [1.82, 2.24) is 10.2 Å². The Balaban J connectivity index is 2.55. The fraction of sp³-hybridized carbons (Fsp3) is 0.909. The van der Waals surface area contributed by atoms with Crippen molar-refractivity contribution in [3.63, 3.8) is 0 Å². The molecule has 0 unspecified atom stereocenters. The van der Waals surface area contributed by atoms with E-state index in [9.17, 15) is 4.79 Å². The molecule has 1 amide bonds. The van der Waals surface area contributed by atoms with Gasteiger partial charge in [0.25, 0.3) is 0 Å². The highest BCUT2D eigenvalue weighted by Crippen LogP contribution is 2.19. The highest BCUT2D eigenvalue weighted by Gasteiger charge is 2.29. The van der Waals surface area contributed by atoms with E-state index >= 15 is 0 Å². The lowest BCUT2D eigenvalue weighted by Gasteiger charge is -2.36. The second-order valence-corrected chi connectivity index (χ2v) is 5.09. The van der Waals surface area contributed by atoms with E-state index in [0.717, 1.165) is 25.9 Å². The van der Waals surface area contributed by atoms with Crippen LogP contribution in [0.1, 0.15) is 33.6 Å². The van der Waals surface area contributed by atoms with Crippen molar-refractivity contribution < 1.29 is 4.79 Å². The predicted octanol–water partition coefficient (Wildman–Crippen LogP) is 1.24. The molecule has 3 heteroatoms. The summed E-state index contributed by atoms with van der Waals surface area (Å²) < 4.78 is 0. The second kappa shape index (κ2) is 4.30. The van der Waals surface area contributed by atoms with E-state index in [0.29, 0.717) is 5.91 Å². The monoisotopic (exact) mass is 198 g/mol. The molecule has 3 nitrogen and oxygen atoms in total. The molecule has 0 spiro atoms. The lowest BCUT2D eigenvalue weighted by molar-refractivity contribution is -0.139. The fourth-order valence-electron chi connectivity index (χ4n) is 1.67. The van der Waals surface area contributed by atoms with E-state index < -0.39 is 0 Å². The fourth-order valence-corrected chi connectivity index (χ4v) is 1.67.